The zero-order valence-corrected chi connectivity index (χ0v) is 18.1. The topological polar surface area (TPSA) is 87.7 Å². The number of amides is 3. The van der Waals surface area contributed by atoms with Crippen LogP contribution in [0.4, 0.5) is 0 Å². The molecular weight excluding hydrogens is 382 g/mol. The molecule has 0 unspecified atom stereocenters. The Morgan fingerprint density at radius 1 is 1.20 bits per heavy atom. The summed E-state index contributed by atoms with van der Waals surface area (Å²) in [6, 6.07) is 6.09. The molecule has 0 bridgehead atoms. The van der Waals surface area contributed by atoms with Crippen molar-refractivity contribution in [3.8, 4) is 5.75 Å². The van der Waals surface area contributed by atoms with Crippen molar-refractivity contribution in [2.24, 2.45) is 11.8 Å². The monoisotopic (exact) mass is 415 g/mol. The average molecular weight is 416 g/mol. The number of methoxy groups -OCH3 is 1. The van der Waals surface area contributed by atoms with Gasteiger partial charge >= 0.3 is 0 Å². The lowest BCUT2D eigenvalue weighted by Gasteiger charge is -2.36. The minimum atomic E-state index is -0.665. The SMILES string of the molecule is C=CCNC(=O)[C@H](NC(=O)c1ccc(OC)cc1)C1CCN(C(=O)CC(C)C)CC1. The van der Waals surface area contributed by atoms with E-state index in [0.717, 1.165) is 0 Å². The molecule has 1 aromatic rings. The Morgan fingerprint density at radius 3 is 2.37 bits per heavy atom. The van der Waals surface area contributed by atoms with Crippen LogP contribution in [-0.4, -0.2) is 55.4 Å². The zero-order chi connectivity index (χ0) is 22.1. The van der Waals surface area contributed by atoms with Gasteiger partial charge in [-0.3, -0.25) is 14.4 Å². The summed E-state index contributed by atoms with van der Waals surface area (Å²) in [5, 5.41) is 5.69. The predicted molar refractivity (Wildman–Crippen MR) is 116 cm³/mol. The molecule has 1 fully saturated rings. The molecule has 1 aliphatic heterocycles. The third kappa shape index (κ3) is 6.61. The molecular formula is C23H33N3O4. The van der Waals surface area contributed by atoms with E-state index < -0.39 is 6.04 Å². The number of piperidine rings is 1. The number of benzene rings is 1. The normalized spacial score (nSPS) is 15.4. The summed E-state index contributed by atoms with van der Waals surface area (Å²) >= 11 is 0. The van der Waals surface area contributed by atoms with Gasteiger partial charge in [0.2, 0.25) is 11.8 Å². The van der Waals surface area contributed by atoms with Gasteiger partial charge in [0.15, 0.2) is 0 Å². The van der Waals surface area contributed by atoms with Crippen molar-refractivity contribution in [3.63, 3.8) is 0 Å². The number of ether oxygens (including phenoxy) is 1. The minimum absolute atomic E-state index is 0.0416. The van der Waals surface area contributed by atoms with Crippen LogP contribution in [0.25, 0.3) is 0 Å². The molecule has 7 nitrogen and oxygen atoms in total. The Bertz CT molecular complexity index is 737. The lowest BCUT2D eigenvalue weighted by molar-refractivity contribution is -0.133. The molecule has 3 amide bonds. The average Bonchev–Trinajstić information content (AvgIpc) is 2.75. The van der Waals surface area contributed by atoms with Crippen LogP contribution in [0.15, 0.2) is 36.9 Å². The molecule has 0 aliphatic carbocycles. The highest BCUT2D eigenvalue weighted by atomic mass is 16.5. The molecule has 1 saturated heterocycles. The van der Waals surface area contributed by atoms with Crippen molar-refractivity contribution >= 4 is 17.7 Å². The number of carbonyl (C=O) groups excluding carboxylic acids is 3. The number of rotatable bonds is 9. The van der Waals surface area contributed by atoms with Gasteiger partial charge in [-0.2, -0.15) is 0 Å². The van der Waals surface area contributed by atoms with Crippen molar-refractivity contribution in [1.82, 2.24) is 15.5 Å². The molecule has 7 heteroatoms. The molecule has 30 heavy (non-hydrogen) atoms. The van der Waals surface area contributed by atoms with E-state index in [1.807, 2.05) is 18.7 Å². The standard InChI is InChI=1S/C23H33N3O4/c1-5-12-24-23(29)21(25-22(28)18-6-8-19(30-4)9-7-18)17-10-13-26(14-11-17)20(27)15-16(2)3/h5-9,16-17,21H,1,10-15H2,2-4H3,(H,24,29)(H,25,28)/t21-/m1/s1. The van der Waals surface area contributed by atoms with E-state index in [0.29, 0.717) is 56.1 Å². The van der Waals surface area contributed by atoms with Crippen molar-refractivity contribution < 1.29 is 19.1 Å². The van der Waals surface area contributed by atoms with E-state index in [2.05, 4.69) is 17.2 Å². The molecule has 2 N–H and O–H groups in total. The summed E-state index contributed by atoms with van der Waals surface area (Å²) in [6.07, 6.45) is 3.47. The van der Waals surface area contributed by atoms with Crippen molar-refractivity contribution in [3.05, 3.63) is 42.5 Å². The third-order valence-electron chi connectivity index (χ3n) is 5.29. The summed E-state index contributed by atoms with van der Waals surface area (Å²) in [4.78, 5) is 39.7. The highest BCUT2D eigenvalue weighted by Crippen LogP contribution is 2.23. The maximum atomic E-state index is 12.8. The number of carbonyl (C=O) groups is 3. The summed E-state index contributed by atoms with van der Waals surface area (Å²) in [6.45, 7) is 9.21. The zero-order valence-electron chi connectivity index (χ0n) is 18.1. The molecule has 1 aliphatic rings. The maximum Gasteiger partial charge on any atom is 0.251 e. The third-order valence-corrected chi connectivity index (χ3v) is 5.29. The first kappa shape index (κ1) is 23.4. The molecule has 0 aromatic heterocycles. The van der Waals surface area contributed by atoms with Gasteiger partial charge in [-0.1, -0.05) is 19.9 Å². The van der Waals surface area contributed by atoms with Crippen LogP contribution in [0.1, 0.15) is 43.5 Å². The summed E-state index contributed by atoms with van der Waals surface area (Å²) < 4.78 is 5.12. The fourth-order valence-corrected chi connectivity index (χ4v) is 3.61. The van der Waals surface area contributed by atoms with Crippen molar-refractivity contribution in [2.45, 2.75) is 39.2 Å². The van der Waals surface area contributed by atoms with E-state index in [9.17, 15) is 14.4 Å². The molecule has 0 saturated carbocycles. The fraction of sp³-hybridized carbons (Fsp3) is 0.522. The van der Waals surface area contributed by atoms with Crippen LogP contribution in [-0.2, 0) is 9.59 Å². The van der Waals surface area contributed by atoms with Gasteiger partial charge in [-0.25, -0.2) is 0 Å². The molecule has 164 valence electrons. The number of nitrogens with zero attached hydrogens (tertiary/aromatic N) is 1. The second kappa shape index (κ2) is 11.4. The Labute approximate surface area is 178 Å². The van der Waals surface area contributed by atoms with Gasteiger partial charge in [0.25, 0.3) is 5.91 Å². The van der Waals surface area contributed by atoms with Crippen LogP contribution in [0.2, 0.25) is 0 Å². The maximum absolute atomic E-state index is 12.8. The molecule has 0 spiro atoms. The van der Waals surface area contributed by atoms with E-state index >= 15 is 0 Å². The lowest BCUT2D eigenvalue weighted by Crippen LogP contribution is -2.53. The Hall–Kier alpha value is -2.83. The van der Waals surface area contributed by atoms with Crippen molar-refractivity contribution in [2.75, 3.05) is 26.7 Å². The summed E-state index contributed by atoms with van der Waals surface area (Å²) in [5.41, 5.74) is 0.460. The molecule has 1 aromatic carbocycles. The smallest absolute Gasteiger partial charge is 0.251 e. The molecule has 2 rings (SSSR count). The first-order chi connectivity index (χ1) is 14.3. The second-order valence-corrected chi connectivity index (χ2v) is 8.03. The number of hydrogen-bond donors (Lipinski definition) is 2. The van der Waals surface area contributed by atoms with E-state index in [-0.39, 0.29) is 23.6 Å². The molecule has 1 heterocycles. The lowest BCUT2D eigenvalue weighted by atomic mass is 9.88. The highest BCUT2D eigenvalue weighted by molar-refractivity contribution is 5.97. The van der Waals surface area contributed by atoms with Crippen molar-refractivity contribution in [1.29, 1.82) is 0 Å². The van der Waals surface area contributed by atoms with Crippen LogP contribution >= 0.6 is 0 Å². The first-order valence-electron chi connectivity index (χ1n) is 10.5. The van der Waals surface area contributed by atoms with E-state index in [4.69, 9.17) is 4.74 Å². The van der Waals surface area contributed by atoms with Crippen LogP contribution < -0.4 is 15.4 Å². The van der Waals surface area contributed by atoms with Gasteiger partial charge in [-0.15, -0.1) is 6.58 Å². The van der Waals surface area contributed by atoms with Gasteiger partial charge < -0.3 is 20.3 Å². The summed E-state index contributed by atoms with van der Waals surface area (Å²) in [7, 11) is 1.56. The molecule has 1 atom stereocenters. The van der Waals surface area contributed by atoms with Gasteiger partial charge in [0, 0.05) is 31.6 Å². The number of hydrogen-bond acceptors (Lipinski definition) is 4. The Balaban J connectivity index is 2.06. The van der Waals surface area contributed by atoms with E-state index in [1.54, 1.807) is 37.5 Å². The predicted octanol–water partition coefficient (Wildman–Crippen LogP) is 2.38. The fourth-order valence-electron chi connectivity index (χ4n) is 3.61. The largest absolute Gasteiger partial charge is 0.497 e. The Kier molecular flexibility index (Phi) is 8.89. The highest BCUT2D eigenvalue weighted by Gasteiger charge is 2.33. The minimum Gasteiger partial charge on any atom is -0.497 e. The first-order valence-corrected chi connectivity index (χ1v) is 10.5. The van der Waals surface area contributed by atoms with Gasteiger partial charge in [0.05, 0.1) is 7.11 Å². The number of nitrogens with one attached hydrogen (secondary N) is 2. The quantitative estimate of drug-likeness (QED) is 0.606. The summed E-state index contributed by atoms with van der Waals surface area (Å²) in [5.74, 6) is 0.540. The number of likely N-dealkylation sites (tertiary alicyclic amines) is 1. The van der Waals surface area contributed by atoms with Crippen LogP contribution in [0.5, 0.6) is 5.75 Å². The molecule has 0 radical (unpaired) electrons. The van der Waals surface area contributed by atoms with Crippen LogP contribution in [0, 0.1) is 11.8 Å². The van der Waals surface area contributed by atoms with Gasteiger partial charge in [0.1, 0.15) is 11.8 Å². The Morgan fingerprint density at radius 2 is 1.83 bits per heavy atom. The second-order valence-electron chi connectivity index (χ2n) is 8.03. The van der Waals surface area contributed by atoms with Gasteiger partial charge in [-0.05, 0) is 48.9 Å². The van der Waals surface area contributed by atoms with E-state index in [1.165, 1.54) is 0 Å². The van der Waals surface area contributed by atoms with Crippen LogP contribution in [0.3, 0.4) is 0 Å².